The molecule has 0 radical (unpaired) electrons. The number of amides is 1. The number of rotatable bonds is 9. The highest BCUT2D eigenvalue weighted by molar-refractivity contribution is 8.15. The number of carbonyl (C=O) groups excluding carboxylic acids is 1. The van der Waals surface area contributed by atoms with E-state index in [1.54, 1.807) is 32.1 Å². The molecule has 1 aliphatic heterocycles. The van der Waals surface area contributed by atoms with Crippen LogP contribution in [-0.2, 0) is 16.1 Å². The number of H-pyrrole nitrogens is 1. The Bertz CT molecular complexity index is 1160. The Morgan fingerprint density at radius 2 is 2.12 bits per heavy atom. The number of ether oxygens (including phenoxy) is 3. The Labute approximate surface area is 197 Å². The topological polar surface area (TPSA) is 97.8 Å². The first-order valence-corrected chi connectivity index (χ1v) is 11.7. The molecule has 0 aliphatic carbocycles. The second-order valence-electron chi connectivity index (χ2n) is 8.02. The normalized spacial score (nSPS) is 15.7. The summed E-state index contributed by atoms with van der Waals surface area (Å²) in [6.45, 7) is 5.05. The molecule has 1 unspecified atom stereocenters. The molecule has 0 saturated carbocycles. The number of carbonyl (C=O) groups is 1. The molecule has 3 heterocycles. The lowest BCUT2D eigenvalue weighted by Gasteiger charge is -2.13. The fourth-order valence-corrected chi connectivity index (χ4v) is 4.61. The molecule has 1 aliphatic rings. The second kappa shape index (κ2) is 10.3. The zero-order valence-corrected chi connectivity index (χ0v) is 20.0. The van der Waals surface area contributed by atoms with Crippen LogP contribution in [0.2, 0.25) is 0 Å². The highest BCUT2D eigenvalue weighted by Gasteiger charge is 2.24. The van der Waals surface area contributed by atoms with Gasteiger partial charge in [0.25, 0.3) is 0 Å². The fraction of sp³-hybridized carbons (Fsp3) is 0.375. The van der Waals surface area contributed by atoms with Gasteiger partial charge < -0.3 is 24.5 Å². The SMILES string of the molecule is CNC(=O)CC1CN=C(c2cc3cc(Oc4ccc(COC)nc4)cc(OC(C)C)c3[nH]2)S1. The molecule has 8 nitrogen and oxygen atoms in total. The zero-order valence-electron chi connectivity index (χ0n) is 19.2. The summed E-state index contributed by atoms with van der Waals surface area (Å²) < 4.78 is 17.3. The molecule has 0 saturated heterocycles. The van der Waals surface area contributed by atoms with Crippen LogP contribution in [-0.4, -0.2) is 53.0 Å². The van der Waals surface area contributed by atoms with Crippen LogP contribution in [0.1, 0.15) is 31.7 Å². The molecule has 2 N–H and O–H groups in total. The summed E-state index contributed by atoms with van der Waals surface area (Å²) in [4.78, 5) is 24.2. The summed E-state index contributed by atoms with van der Waals surface area (Å²) in [6.07, 6.45) is 2.13. The zero-order chi connectivity index (χ0) is 23.4. The van der Waals surface area contributed by atoms with E-state index in [9.17, 15) is 4.79 Å². The van der Waals surface area contributed by atoms with Gasteiger partial charge in [-0.05, 0) is 38.1 Å². The molecule has 3 aromatic rings. The molecule has 0 fully saturated rings. The number of pyridine rings is 1. The maximum absolute atomic E-state index is 11.7. The average molecular weight is 469 g/mol. The standard InChI is InChI=1S/C24H28N4O4S/c1-14(2)31-21-9-18(32-17-6-5-16(13-30-4)26-11-17)7-15-8-20(28-23(15)21)24-27-12-19(33-24)10-22(29)25-3/h5-9,11,14,19,28H,10,12-13H2,1-4H3,(H,25,29). The molecule has 33 heavy (non-hydrogen) atoms. The van der Waals surface area contributed by atoms with Crippen LogP contribution in [0.3, 0.4) is 0 Å². The Balaban J connectivity index is 1.59. The Morgan fingerprint density at radius 3 is 2.82 bits per heavy atom. The summed E-state index contributed by atoms with van der Waals surface area (Å²) in [5.41, 5.74) is 2.63. The Morgan fingerprint density at radius 1 is 1.27 bits per heavy atom. The molecule has 0 bridgehead atoms. The maximum atomic E-state index is 11.7. The van der Waals surface area contributed by atoms with Crippen LogP contribution in [0.15, 0.2) is 41.5 Å². The van der Waals surface area contributed by atoms with Crippen molar-refractivity contribution in [2.45, 2.75) is 38.2 Å². The number of fused-ring (bicyclic) bond motifs is 1. The third-order valence-electron chi connectivity index (χ3n) is 4.99. The van der Waals surface area contributed by atoms with Crippen LogP contribution in [0.25, 0.3) is 10.9 Å². The number of methoxy groups -OCH3 is 1. The number of aromatic nitrogens is 2. The first kappa shape index (κ1) is 23.1. The molecular formula is C24H28N4O4S. The van der Waals surface area contributed by atoms with E-state index in [-0.39, 0.29) is 17.3 Å². The van der Waals surface area contributed by atoms with Crippen molar-refractivity contribution in [3.8, 4) is 17.2 Å². The minimum absolute atomic E-state index is 0.000303. The van der Waals surface area contributed by atoms with Crippen molar-refractivity contribution >= 4 is 33.6 Å². The summed E-state index contributed by atoms with van der Waals surface area (Å²) in [5, 5.41) is 4.68. The Kier molecular flexibility index (Phi) is 7.20. The van der Waals surface area contributed by atoms with Crippen molar-refractivity contribution < 1.29 is 19.0 Å². The molecule has 174 valence electrons. The molecule has 1 atom stereocenters. The van der Waals surface area contributed by atoms with Crippen molar-refractivity contribution in [2.75, 3.05) is 20.7 Å². The summed E-state index contributed by atoms with van der Waals surface area (Å²) in [5.74, 6) is 2.02. The highest BCUT2D eigenvalue weighted by Crippen LogP contribution is 2.36. The number of hydrogen-bond donors (Lipinski definition) is 2. The largest absolute Gasteiger partial charge is 0.489 e. The van der Waals surface area contributed by atoms with Crippen LogP contribution in [0.4, 0.5) is 0 Å². The van der Waals surface area contributed by atoms with E-state index in [0.29, 0.717) is 36.8 Å². The fourth-order valence-electron chi connectivity index (χ4n) is 3.53. The minimum Gasteiger partial charge on any atom is -0.489 e. The quantitative estimate of drug-likeness (QED) is 0.486. The minimum atomic E-state index is 0.000303. The van der Waals surface area contributed by atoms with Crippen molar-refractivity contribution in [3.05, 3.63) is 47.9 Å². The summed E-state index contributed by atoms with van der Waals surface area (Å²) in [6, 6.07) is 9.64. The highest BCUT2D eigenvalue weighted by atomic mass is 32.2. The van der Waals surface area contributed by atoms with Gasteiger partial charge in [-0.3, -0.25) is 14.8 Å². The average Bonchev–Trinajstić information content (AvgIpc) is 3.42. The Hall–Kier alpha value is -3.04. The molecular weight excluding hydrogens is 440 g/mol. The van der Waals surface area contributed by atoms with Crippen LogP contribution in [0, 0.1) is 0 Å². The number of aromatic amines is 1. The summed E-state index contributed by atoms with van der Waals surface area (Å²) in [7, 11) is 3.29. The van der Waals surface area contributed by atoms with E-state index in [2.05, 4.69) is 20.3 Å². The third-order valence-corrected chi connectivity index (χ3v) is 6.21. The van der Waals surface area contributed by atoms with Gasteiger partial charge >= 0.3 is 0 Å². The first-order valence-electron chi connectivity index (χ1n) is 10.8. The van der Waals surface area contributed by atoms with E-state index >= 15 is 0 Å². The van der Waals surface area contributed by atoms with Gasteiger partial charge in [-0.1, -0.05) is 11.8 Å². The number of hydrogen-bond acceptors (Lipinski definition) is 7. The van der Waals surface area contributed by atoms with Crippen LogP contribution in [0.5, 0.6) is 17.2 Å². The number of benzene rings is 1. The smallest absolute Gasteiger partial charge is 0.220 e. The van der Waals surface area contributed by atoms with Gasteiger partial charge in [0.15, 0.2) is 0 Å². The number of aliphatic imine (C=N–C) groups is 1. The number of nitrogens with zero attached hydrogens (tertiary/aromatic N) is 2. The van der Waals surface area contributed by atoms with Crippen molar-refractivity contribution in [3.63, 3.8) is 0 Å². The number of thioether (sulfide) groups is 1. The van der Waals surface area contributed by atoms with Gasteiger partial charge in [0.1, 0.15) is 22.3 Å². The molecule has 2 aromatic heterocycles. The van der Waals surface area contributed by atoms with Gasteiger partial charge in [-0.25, -0.2) is 0 Å². The van der Waals surface area contributed by atoms with E-state index in [1.807, 2.05) is 44.2 Å². The van der Waals surface area contributed by atoms with E-state index in [4.69, 9.17) is 14.2 Å². The van der Waals surface area contributed by atoms with Gasteiger partial charge in [0.2, 0.25) is 5.91 Å². The summed E-state index contributed by atoms with van der Waals surface area (Å²) >= 11 is 1.62. The predicted octanol–water partition coefficient (Wildman–Crippen LogP) is 4.29. The van der Waals surface area contributed by atoms with E-state index in [1.165, 1.54) is 0 Å². The van der Waals surface area contributed by atoms with Crippen LogP contribution >= 0.6 is 11.8 Å². The van der Waals surface area contributed by atoms with Gasteiger partial charge in [0.05, 0.1) is 42.4 Å². The first-order chi connectivity index (χ1) is 15.9. The third kappa shape index (κ3) is 5.66. The van der Waals surface area contributed by atoms with Crippen LogP contribution < -0.4 is 14.8 Å². The van der Waals surface area contributed by atoms with E-state index in [0.717, 1.165) is 27.3 Å². The van der Waals surface area contributed by atoms with Gasteiger partial charge in [0, 0.05) is 37.3 Å². The second-order valence-corrected chi connectivity index (χ2v) is 9.31. The number of nitrogens with one attached hydrogen (secondary N) is 2. The lowest BCUT2D eigenvalue weighted by atomic mass is 10.2. The maximum Gasteiger partial charge on any atom is 0.220 e. The molecule has 4 rings (SSSR count). The van der Waals surface area contributed by atoms with Gasteiger partial charge in [-0.15, -0.1) is 0 Å². The van der Waals surface area contributed by atoms with Gasteiger partial charge in [-0.2, -0.15) is 0 Å². The molecule has 0 spiro atoms. The molecule has 1 amide bonds. The van der Waals surface area contributed by atoms with Crippen molar-refractivity contribution in [1.82, 2.24) is 15.3 Å². The van der Waals surface area contributed by atoms with Crippen molar-refractivity contribution in [1.29, 1.82) is 0 Å². The van der Waals surface area contributed by atoms with Crippen molar-refractivity contribution in [2.24, 2.45) is 4.99 Å². The predicted molar refractivity (Wildman–Crippen MR) is 131 cm³/mol. The van der Waals surface area contributed by atoms with E-state index < -0.39 is 0 Å². The lowest BCUT2D eigenvalue weighted by molar-refractivity contribution is -0.120. The molecule has 1 aromatic carbocycles. The monoisotopic (exact) mass is 468 g/mol. The lowest BCUT2D eigenvalue weighted by Crippen LogP contribution is -2.22. The molecule has 9 heteroatoms.